The molecule has 0 aliphatic heterocycles. The van der Waals surface area contributed by atoms with Gasteiger partial charge in [-0.2, -0.15) is 0 Å². The Balaban J connectivity index is 3.10. The Morgan fingerprint density at radius 3 is 2.64 bits per heavy atom. The van der Waals surface area contributed by atoms with E-state index < -0.39 is 5.97 Å². The van der Waals surface area contributed by atoms with Crippen molar-refractivity contribution < 1.29 is 19.7 Å². The van der Waals surface area contributed by atoms with Gasteiger partial charge in [0.25, 0.3) is 0 Å². The fraction of sp³-hybridized carbons (Fsp3) is 0.300. The van der Waals surface area contributed by atoms with E-state index in [2.05, 4.69) is 0 Å². The summed E-state index contributed by atoms with van der Waals surface area (Å²) in [6, 6.07) is 3.04. The monoisotopic (exact) mass is 196 g/mol. The van der Waals surface area contributed by atoms with E-state index in [0.29, 0.717) is 11.3 Å². The number of carbonyl (C=O) groups is 1. The lowest BCUT2D eigenvalue weighted by Gasteiger charge is -2.08. The van der Waals surface area contributed by atoms with Crippen molar-refractivity contribution in [1.82, 2.24) is 0 Å². The highest BCUT2D eigenvalue weighted by Gasteiger charge is 2.09. The van der Waals surface area contributed by atoms with Crippen molar-refractivity contribution in [2.24, 2.45) is 0 Å². The Hall–Kier alpha value is -1.71. The van der Waals surface area contributed by atoms with Gasteiger partial charge in [-0.25, -0.2) is 0 Å². The molecule has 0 aliphatic rings. The number of hydrogen-bond donors (Lipinski definition) is 2. The minimum Gasteiger partial charge on any atom is -0.504 e. The Kier molecular flexibility index (Phi) is 2.96. The maximum absolute atomic E-state index is 10.5. The molecule has 0 radical (unpaired) electrons. The fourth-order valence-electron chi connectivity index (χ4n) is 1.23. The SMILES string of the molecule is COc1cc(CC(=O)O)c(C)cc1O. The maximum atomic E-state index is 10.5. The largest absolute Gasteiger partial charge is 0.504 e. The molecule has 4 nitrogen and oxygen atoms in total. The van der Waals surface area contributed by atoms with Crippen LogP contribution in [0.5, 0.6) is 11.5 Å². The third kappa shape index (κ3) is 2.16. The van der Waals surface area contributed by atoms with Crippen molar-refractivity contribution in [2.45, 2.75) is 13.3 Å². The molecule has 0 saturated heterocycles. The van der Waals surface area contributed by atoms with Crippen LogP contribution in [0.1, 0.15) is 11.1 Å². The summed E-state index contributed by atoms with van der Waals surface area (Å²) < 4.78 is 4.88. The molecule has 1 aromatic carbocycles. The highest BCUT2D eigenvalue weighted by molar-refractivity contribution is 5.71. The number of hydrogen-bond acceptors (Lipinski definition) is 3. The van der Waals surface area contributed by atoms with Crippen LogP contribution in [0.2, 0.25) is 0 Å². The first-order valence-corrected chi connectivity index (χ1v) is 4.13. The zero-order valence-corrected chi connectivity index (χ0v) is 8.07. The molecule has 0 fully saturated rings. The lowest BCUT2D eigenvalue weighted by molar-refractivity contribution is -0.136. The molecule has 14 heavy (non-hydrogen) atoms. The standard InChI is InChI=1S/C10H12O4/c1-6-3-8(11)9(14-2)4-7(6)5-10(12)13/h3-4,11H,5H2,1-2H3,(H,12,13). The summed E-state index contributed by atoms with van der Waals surface area (Å²) in [5.74, 6) is -0.577. The van der Waals surface area contributed by atoms with Crippen LogP contribution in [0, 0.1) is 6.92 Å². The van der Waals surface area contributed by atoms with Crippen molar-refractivity contribution >= 4 is 5.97 Å². The van der Waals surface area contributed by atoms with Gasteiger partial charge in [-0.3, -0.25) is 4.79 Å². The molecule has 0 unspecified atom stereocenters. The van der Waals surface area contributed by atoms with Gasteiger partial charge in [-0.15, -0.1) is 0 Å². The minimum absolute atomic E-state index is 0.0270. The smallest absolute Gasteiger partial charge is 0.307 e. The third-order valence-corrected chi connectivity index (χ3v) is 1.98. The number of phenols is 1. The van der Waals surface area contributed by atoms with Crippen molar-refractivity contribution in [3.8, 4) is 11.5 Å². The molecule has 2 N–H and O–H groups in total. The van der Waals surface area contributed by atoms with Crippen molar-refractivity contribution in [3.05, 3.63) is 23.3 Å². The van der Waals surface area contributed by atoms with Crippen LogP contribution < -0.4 is 4.74 Å². The number of carboxylic acids is 1. The van der Waals surface area contributed by atoms with Crippen molar-refractivity contribution in [2.75, 3.05) is 7.11 Å². The molecule has 0 heterocycles. The Bertz CT molecular complexity index is 357. The minimum atomic E-state index is -0.902. The molecule has 1 aromatic rings. The Morgan fingerprint density at radius 2 is 2.14 bits per heavy atom. The van der Waals surface area contributed by atoms with Crippen LogP contribution in [0.3, 0.4) is 0 Å². The molecular weight excluding hydrogens is 184 g/mol. The number of aliphatic carboxylic acids is 1. The molecule has 0 spiro atoms. The second-order valence-electron chi connectivity index (χ2n) is 3.02. The van der Waals surface area contributed by atoms with Gasteiger partial charge < -0.3 is 14.9 Å². The predicted molar refractivity (Wildman–Crippen MR) is 50.7 cm³/mol. The second kappa shape index (κ2) is 4.00. The molecule has 4 heteroatoms. The quantitative estimate of drug-likeness (QED) is 0.765. The molecule has 0 atom stereocenters. The molecule has 0 aliphatic carbocycles. The average molecular weight is 196 g/mol. The van der Waals surface area contributed by atoms with Gasteiger partial charge in [0.15, 0.2) is 11.5 Å². The fourth-order valence-corrected chi connectivity index (χ4v) is 1.23. The van der Waals surface area contributed by atoms with Crippen LogP contribution >= 0.6 is 0 Å². The summed E-state index contributed by atoms with van der Waals surface area (Å²) in [6.45, 7) is 1.75. The Labute approximate surface area is 81.8 Å². The van der Waals surface area contributed by atoms with Gasteiger partial charge in [-0.05, 0) is 30.2 Å². The zero-order chi connectivity index (χ0) is 10.7. The molecule has 0 amide bonds. The Morgan fingerprint density at radius 1 is 1.50 bits per heavy atom. The van der Waals surface area contributed by atoms with Crippen LogP contribution in [0.4, 0.5) is 0 Å². The summed E-state index contributed by atoms with van der Waals surface area (Å²) in [6.07, 6.45) is -0.0670. The van der Waals surface area contributed by atoms with Gasteiger partial charge in [0.05, 0.1) is 13.5 Å². The van der Waals surface area contributed by atoms with E-state index in [4.69, 9.17) is 9.84 Å². The van der Waals surface area contributed by atoms with Gasteiger partial charge >= 0.3 is 5.97 Å². The van der Waals surface area contributed by atoms with Crippen molar-refractivity contribution in [1.29, 1.82) is 0 Å². The maximum Gasteiger partial charge on any atom is 0.307 e. The molecule has 1 rings (SSSR count). The summed E-state index contributed by atoms with van der Waals surface area (Å²) in [5, 5.41) is 18.0. The highest BCUT2D eigenvalue weighted by atomic mass is 16.5. The molecule has 76 valence electrons. The number of benzene rings is 1. The number of methoxy groups -OCH3 is 1. The summed E-state index contributed by atoms with van der Waals surface area (Å²) >= 11 is 0. The van der Waals surface area contributed by atoms with Crippen LogP contribution in [0.25, 0.3) is 0 Å². The number of rotatable bonds is 3. The number of aromatic hydroxyl groups is 1. The van der Waals surface area contributed by atoms with E-state index in [0.717, 1.165) is 5.56 Å². The lowest BCUT2D eigenvalue weighted by atomic mass is 10.0. The first-order chi connectivity index (χ1) is 6.54. The normalized spacial score (nSPS) is 9.86. The van der Waals surface area contributed by atoms with E-state index in [9.17, 15) is 9.90 Å². The molecule has 0 saturated carbocycles. The average Bonchev–Trinajstić information content (AvgIpc) is 2.09. The summed E-state index contributed by atoms with van der Waals surface area (Å²) in [5.41, 5.74) is 1.39. The molecule has 0 aromatic heterocycles. The van der Waals surface area contributed by atoms with E-state index in [1.54, 1.807) is 13.0 Å². The highest BCUT2D eigenvalue weighted by Crippen LogP contribution is 2.29. The second-order valence-corrected chi connectivity index (χ2v) is 3.02. The first kappa shape index (κ1) is 10.4. The van der Waals surface area contributed by atoms with Gasteiger partial charge in [0.2, 0.25) is 0 Å². The van der Waals surface area contributed by atoms with E-state index in [1.165, 1.54) is 13.2 Å². The van der Waals surface area contributed by atoms with E-state index >= 15 is 0 Å². The van der Waals surface area contributed by atoms with Gasteiger partial charge in [-0.1, -0.05) is 0 Å². The number of carboxylic acid groups (broad SMARTS) is 1. The van der Waals surface area contributed by atoms with Crippen molar-refractivity contribution in [3.63, 3.8) is 0 Å². The van der Waals surface area contributed by atoms with Crippen LogP contribution in [-0.2, 0) is 11.2 Å². The summed E-state index contributed by atoms with van der Waals surface area (Å²) in [4.78, 5) is 10.5. The molecular formula is C10H12O4. The van der Waals surface area contributed by atoms with Crippen LogP contribution in [0.15, 0.2) is 12.1 Å². The zero-order valence-electron chi connectivity index (χ0n) is 8.07. The van der Waals surface area contributed by atoms with Gasteiger partial charge in [0, 0.05) is 0 Å². The van der Waals surface area contributed by atoms with E-state index in [-0.39, 0.29) is 12.2 Å². The number of ether oxygens (including phenoxy) is 1. The van der Waals surface area contributed by atoms with E-state index in [1.807, 2.05) is 0 Å². The predicted octanol–water partition coefficient (Wildman–Crippen LogP) is 1.34. The van der Waals surface area contributed by atoms with Crippen LogP contribution in [-0.4, -0.2) is 23.3 Å². The molecule has 0 bridgehead atoms. The third-order valence-electron chi connectivity index (χ3n) is 1.98. The first-order valence-electron chi connectivity index (χ1n) is 4.13. The van der Waals surface area contributed by atoms with Gasteiger partial charge in [0.1, 0.15) is 0 Å². The summed E-state index contributed by atoms with van der Waals surface area (Å²) in [7, 11) is 1.43. The number of aryl methyl sites for hydroxylation is 1. The lowest BCUT2D eigenvalue weighted by Crippen LogP contribution is -2.02. The number of phenolic OH excluding ortho intramolecular Hbond substituents is 1. The topological polar surface area (TPSA) is 66.8 Å².